The van der Waals surface area contributed by atoms with Crippen LogP contribution in [0, 0.1) is 21.4 Å². The van der Waals surface area contributed by atoms with Gasteiger partial charge < -0.3 is 27.4 Å². The van der Waals surface area contributed by atoms with Crippen molar-refractivity contribution in [2.45, 2.75) is 38.8 Å². The number of nitrogens with one attached hydrogen (secondary N) is 4. The average Bonchev–Trinajstić information content (AvgIpc) is 2.92. The van der Waals surface area contributed by atoms with Crippen LogP contribution in [-0.2, 0) is 14.4 Å². The van der Waals surface area contributed by atoms with E-state index in [0.717, 1.165) is 4.90 Å². The highest BCUT2D eigenvalue weighted by Crippen LogP contribution is 2.19. The number of non-ortho nitro benzene ring substituents is 1. The van der Waals surface area contributed by atoms with Gasteiger partial charge >= 0.3 is 0 Å². The summed E-state index contributed by atoms with van der Waals surface area (Å²) in [6.45, 7) is 3.07. The van der Waals surface area contributed by atoms with Gasteiger partial charge in [0.05, 0.1) is 17.5 Å². The van der Waals surface area contributed by atoms with Crippen molar-refractivity contribution in [1.29, 1.82) is 5.41 Å². The zero-order valence-electron chi connectivity index (χ0n) is 22.3. The Bertz CT molecular complexity index is 1220. The predicted octanol–water partition coefficient (Wildman–Crippen LogP) is 0.934. The summed E-state index contributed by atoms with van der Waals surface area (Å²) in [5.74, 6) is -3.43. The number of imide groups is 1. The first-order valence-electron chi connectivity index (χ1n) is 12.5. The average molecular weight is 555 g/mol. The summed E-state index contributed by atoms with van der Waals surface area (Å²) < 4.78 is 0. The molecular formula is C26H34N8O6. The number of carbonyl (C=O) groups excluding carboxylic acids is 4. The van der Waals surface area contributed by atoms with Crippen LogP contribution in [0.2, 0.25) is 0 Å². The summed E-state index contributed by atoms with van der Waals surface area (Å²) in [4.78, 5) is 64.1. The van der Waals surface area contributed by atoms with E-state index in [-0.39, 0.29) is 48.2 Å². The molecule has 0 radical (unpaired) electrons. The fourth-order valence-corrected chi connectivity index (χ4v) is 3.60. The van der Waals surface area contributed by atoms with E-state index in [4.69, 9.17) is 16.9 Å². The van der Waals surface area contributed by atoms with Gasteiger partial charge in [-0.05, 0) is 43.0 Å². The third-order valence-corrected chi connectivity index (χ3v) is 5.87. The number of anilines is 1. The first-order valence-corrected chi connectivity index (χ1v) is 12.5. The molecule has 0 aliphatic rings. The SMILES string of the molecule is CC(C)[C@H](N)C(=O)NCC(=O)N(C(=O)c1ccccc1)[C@@H](CCCNC(=N)N)C(=O)Nc1ccc([N+](=O)[O-])cc1. The number of nitro benzene ring substituents is 1. The molecule has 2 aromatic rings. The van der Waals surface area contributed by atoms with Gasteiger partial charge in [0.25, 0.3) is 11.6 Å². The van der Waals surface area contributed by atoms with Crippen LogP contribution < -0.4 is 27.4 Å². The van der Waals surface area contributed by atoms with Gasteiger partial charge in [-0.2, -0.15) is 0 Å². The quantitative estimate of drug-likeness (QED) is 0.0679. The van der Waals surface area contributed by atoms with E-state index in [9.17, 15) is 29.3 Å². The zero-order chi connectivity index (χ0) is 29.8. The second-order valence-corrected chi connectivity index (χ2v) is 9.21. The highest BCUT2D eigenvalue weighted by atomic mass is 16.6. The van der Waals surface area contributed by atoms with E-state index < -0.39 is 47.2 Å². The van der Waals surface area contributed by atoms with Gasteiger partial charge in [-0.1, -0.05) is 32.0 Å². The molecule has 14 heteroatoms. The van der Waals surface area contributed by atoms with Crippen molar-refractivity contribution >= 4 is 41.0 Å². The molecule has 2 atom stereocenters. The van der Waals surface area contributed by atoms with Gasteiger partial charge in [0.2, 0.25) is 17.7 Å². The van der Waals surface area contributed by atoms with Crippen LogP contribution in [0.15, 0.2) is 54.6 Å². The van der Waals surface area contributed by atoms with E-state index >= 15 is 0 Å². The lowest BCUT2D eigenvalue weighted by atomic mass is 10.0. The Morgan fingerprint density at radius 1 is 1.00 bits per heavy atom. The minimum atomic E-state index is -1.35. The van der Waals surface area contributed by atoms with E-state index in [1.165, 1.54) is 36.4 Å². The van der Waals surface area contributed by atoms with Crippen molar-refractivity contribution < 1.29 is 24.1 Å². The molecule has 0 aliphatic carbocycles. The number of amides is 4. The van der Waals surface area contributed by atoms with Crippen LogP contribution in [0.5, 0.6) is 0 Å². The number of hydrogen-bond acceptors (Lipinski definition) is 8. The lowest BCUT2D eigenvalue weighted by Crippen LogP contribution is -2.54. The molecule has 0 unspecified atom stereocenters. The number of guanidine groups is 1. The van der Waals surface area contributed by atoms with Crippen molar-refractivity contribution in [3.8, 4) is 0 Å². The fraction of sp³-hybridized carbons (Fsp3) is 0.346. The van der Waals surface area contributed by atoms with Crippen LogP contribution in [0.4, 0.5) is 11.4 Å². The molecule has 0 heterocycles. The van der Waals surface area contributed by atoms with E-state index in [1.54, 1.807) is 32.0 Å². The van der Waals surface area contributed by atoms with Gasteiger partial charge in [-0.3, -0.25) is 39.6 Å². The summed E-state index contributed by atoms with van der Waals surface area (Å²) in [6, 6.07) is 10.7. The normalized spacial score (nSPS) is 12.1. The highest BCUT2D eigenvalue weighted by Gasteiger charge is 2.35. The number of benzene rings is 2. The Morgan fingerprint density at radius 2 is 1.62 bits per heavy atom. The Balaban J connectivity index is 2.40. The molecule has 14 nitrogen and oxygen atoms in total. The van der Waals surface area contributed by atoms with Gasteiger partial charge in [0.15, 0.2) is 5.96 Å². The van der Waals surface area contributed by atoms with Crippen LogP contribution >= 0.6 is 0 Å². The van der Waals surface area contributed by atoms with Gasteiger partial charge in [0.1, 0.15) is 6.04 Å². The summed E-state index contributed by atoms with van der Waals surface area (Å²) >= 11 is 0. The Morgan fingerprint density at radius 3 is 2.17 bits per heavy atom. The number of nitro groups is 1. The topological polar surface area (TPSA) is 227 Å². The van der Waals surface area contributed by atoms with Crippen molar-refractivity contribution in [1.82, 2.24) is 15.5 Å². The molecule has 0 aliphatic heterocycles. The van der Waals surface area contributed by atoms with Crippen molar-refractivity contribution in [3.05, 3.63) is 70.3 Å². The molecule has 0 fully saturated rings. The van der Waals surface area contributed by atoms with Crippen LogP contribution in [-0.4, -0.2) is 64.6 Å². The maximum absolute atomic E-state index is 13.6. The molecule has 0 spiro atoms. The second-order valence-electron chi connectivity index (χ2n) is 9.21. The Hall–Kier alpha value is -4.85. The molecule has 8 N–H and O–H groups in total. The van der Waals surface area contributed by atoms with Gasteiger partial charge in [-0.15, -0.1) is 0 Å². The molecular weight excluding hydrogens is 520 g/mol. The van der Waals surface area contributed by atoms with Crippen LogP contribution in [0.3, 0.4) is 0 Å². The maximum atomic E-state index is 13.6. The minimum Gasteiger partial charge on any atom is -0.370 e. The number of hydrogen-bond donors (Lipinski definition) is 6. The monoisotopic (exact) mass is 554 g/mol. The molecule has 40 heavy (non-hydrogen) atoms. The predicted molar refractivity (Wildman–Crippen MR) is 148 cm³/mol. The lowest BCUT2D eigenvalue weighted by molar-refractivity contribution is -0.384. The third-order valence-electron chi connectivity index (χ3n) is 5.87. The van der Waals surface area contributed by atoms with E-state index in [2.05, 4.69) is 16.0 Å². The zero-order valence-corrected chi connectivity index (χ0v) is 22.3. The standard InChI is InChI=1S/C26H34N8O6/c1-16(2)22(27)24(37)31-15-21(35)33(25(38)17-7-4-3-5-8-17)20(9-6-14-30-26(28)29)23(36)32-18-10-12-19(13-11-18)34(39)40/h3-5,7-8,10-13,16,20,22H,6,9,14-15,27H2,1-2H3,(H,31,37)(H,32,36)(H4,28,29,30)/t20-,22-/m0/s1. The van der Waals surface area contributed by atoms with E-state index in [1.807, 2.05) is 0 Å². The number of carbonyl (C=O) groups is 4. The van der Waals surface area contributed by atoms with Crippen molar-refractivity contribution in [2.75, 3.05) is 18.4 Å². The molecule has 0 saturated heterocycles. The third kappa shape index (κ3) is 9.16. The van der Waals surface area contributed by atoms with E-state index in [0.29, 0.717) is 0 Å². The van der Waals surface area contributed by atoms with Crippen LogP contribution in [0.1, 0.15) is 37.0 Å². The minimum absolute atomic E-state index is 0.0249. The highest BCUT2D eigenvalue weighted by molar-refractivity contribution is 6.10. The number of nitrogens with two attached hydrogens (primary N) is 2. The Labute approximate surface area is 231 Å². The number of nitrogens with zero attached hydrogens (tertiary/aromatic N) is 2. The second kappa shape index (κ2) is 14.9. The molecule has 0 bridgehead atoms. The number of rotatable bonds is 13. The first kappa shape index (κ1) is 31.4. The summed E-state index contributed by atoms with van der Waals surface area (Å²) in [6.07, 6.45) is 0.206. The molecule has 0 aromatic heterocycles. The summed E-state index contributed by atoms with van der Waals surface area (Å²) in [7, 11) is 0. The van der Waals surface area contributed by atoms with Crippen molar-refractivity contribution in [3.63, 3.8) is 0 Å². The fourth-order valence-electron chi connectivity index (χ4n) is 3.60. The molecule has 2 aromatic carbocycles. The maximum Gasteiger partial charge on any atom is 0.269 e. The largest absolute Gasteiger partial charge is 0.370 e. The van der Waals surface area contributed by atoms with Gasteiger partial charge in [-0.25, -0.2) is 0 Å². The van der Waals surface area contributed by atoms with Crippen LogP contribution in [0.25, 0.3) is 0 Å². The van der Waals surface area contributed by atoms with Gasteiger partial charge in [0, 0.05) is 29.9 Å². The molecule has 0 saturated carbocycles. The summed E-state index contributed by atoms with van der Waals surface area (Å²) in [5.41, 5.74) is 11.3. The lowest BCUT2D eigenvalue weighted by Gasteiger charge is -2.30. The summed E-state index contributed by atoms with van der Waals surface area (Å²) in [5, 5.41) is 25.9. The smallest absolute Gasteiger partial charge is 0.269 e. The first-order chi connectivity index (χ1) is 18.9. The van der Waals surface area contributed by atoms with Crippen molar-refractivity contribution in [2.24, 2.45) is 17.4 Å². The molecule has 2 rings (SSSR count). The Kier molecular flexibility index (Phi) is 11.7. The molecule has 4 amide bonds. The molecule has 214 valence electrons.